The minimum Gasteiger partial charge on any atom is -0.462 e. The highest BCUT2D eigenvalue weighted by Gasteiger charge is 2.21. The van der Waals surface area contributed by atoms with Gasteiger partial charge < -0.3 is 9.47 Å². The number of rotatable bonds is 4. The van der Waals surface area contributed by atoms with Gasteiger partial charge in [-0.2, -0.15) is 4.37 Å². The molecule has 110 valence electrons. The summed E-state index contributed by atoms with van der Waals surface area (Å²) in [6.45, 7) is 3.64. The molecule has 0 aliphatic carbocycles. The SMILES string of the molecule is CCOC(=O)c1c(C)nsc1NC(=O)Oc1ccccc1. The number of hydrogen-bond acceptors (Lipinski definition) is 6. The molecule has 0 unspecified atom stereocenters. The second-order valence-corrected chi connectivity index (χ2v) is 4.79. The van der Waals surface area contributed by atoms with Gasteiger partial charge in [0.1, 0.15) is 16.3 Å². The molecule has 1 N–H and O–H groups in total. The first-order valence-corrected chi connectivity index (χ1v) is 7.06. The van der Waals surface area contributed by atoms with Gasteiger partial charge in [-0.05, 0) is 37.5 Å². The third kappa shape index (κ3) is 3.79. The van der Waals surface area contributed by atoms with E-state index in [9.17, 15) is 9.59 Å². The number of para-hydroxylation sites is 1. The van der Waals surface area contributed by atoms with Crippen molar-refractivity contribution in [2.75, 3.05) is 11.9 Å². The summed E-state index contributed by atoms with van der Waals surface area (Å²) in [5.74, 6) is -0.104. The highest BCUT2D eigenvalue weighted by molar-refractivity contribution is 7.11. The maximum Gasteiger partial charge on any atom is 0.417 e. The summed E-state index contributed by atoms with van der Waals surface area (Å²) < 4.78 is 14.1. The van der Waals surface area contributed by atoms with Crippen LogP contribution in [-0.2, 0) is 4.74 Å². The van der Waals surface area contributed by atoms with E-state index in [1.165, 1.54) is 0 Å². The number of ether oxygens (including phenoxy) is 2. The van der Waals surface area contributed by atoms with Crippen LogP contribution in [0, 0.1) is 6.92 Å². The van der Waals surface area contributed by atoms with Crippen LogP contribution in [0.25, 0.3) is 0 Å². The van der Waals surface area contributed by atoms with Crippen LogP contribution in [0.5, 0.6) is 5.75 Å². The van der Waals surface area contributed by atoms with Gasteiger partial charge in [-0.1, -0.05) is 18.2 Å². The molecular formula is C14H14N2O4S. The first-order valence-electron chi connectivity index (χ1n) is 6.29. The quantitative estimate of drug-likeness (QED) is 0.877. The third-order valence-electron chi connectivity index (χ3n) is 2.51. The molecule has 0 aliphatic rings. The monoisotopic (exact) mass is 306 g/mol. The van der Waals surface area contributed by atoms with Crippen molar-refractivity contribution in [1.82, 2.24) is 4.37 Å². The minimum absolute atomic E-state index is 0.252. The van der Waals surface area contributed by atoms with E-state index in [-0.39, 0.29) is 12.2 Å². The Morgan fingerprint density at radius 1 is 1.29 bits per heavy atom. The van der Waals surface area contributed by atoms with Gasteiger partial charge in [-0.15, -0.1) is 0 Å². The fourth-order valence-corrected chi connectivity index (χ4v) is 2.38. The Bertz CT molecular complexity index is 640. The molecule has 1 aromatic carbocycles. The van der Waals surface area contributed by atoms with Crippen LogP contribution in [0.3, 0.4) is 0 Å². The smallest absolute Gasteiger partial charge is 0.417 e. The lowest BCUT2D eigenvalue weighted by Gasteiger charge is -2.06. The summed E-state index contributed by atoms with van der Waals surface area (Å²) in [7, 11) is 0. The number of carbonyl (C=O) groups is 2. The number of nitrogens with zero attached hydrogens (tertiary/aromatic N) is 1. The van der Waals surface area contributed by atoms with Gasteiger partial charge in [0, 0.05) is 0 Å². The molecule has 7 heteroatoms. The van der Waals surface area contributed by atoms with Gasteiger partial charge in [0.05, 0.1) is 12.3 Å². The number of carbonyl (C=O) groups excluding carboxylic acids is 2. The molecule has 0 fully saturated rings. The highest BCUT2D eigenvalue weighted by Crippen LogP contribution is 2.25. The molecular weight excluding hydrogens is 292 g/mol. The average Bonchev–Trinajstić information content (AvgIpc) is 2.81. The van der Waals surface area contributed by atoms with E-state index < -0.39 is 12.1 Å². The molecule has 0 saturated heterocycles. The highest BCUT2D eigenvalue weighted by atomic mass is 32.1. The van der Waals surface area contributed by atoms with Crippen molar-refractivity contribution in [2.45, 2.75) is 13.8 Å². The van der Waals surface area contributed by atoms with Gasteiger partial charge in [-0.25, -0.2) is 9.59 Å². The van der Waals surface area contributed by atoms with Gasteiger partial charge in [0.2, 0.25) is 0 Å². The lowest BCUT2D eigenvalue weighted by Crippen LogP contribution is -2.18. The summed E-state index contributed by atoms with van der Waals surface area (Å²) in [6.07, 6.45) is -0.685. The van der Waals surface area contributed by atoms with Crippen molar-refractivity contribution in [3.63, 3.8) is 0 Å². The van der Waals surface area contributed by atoms with Gasteiger partial charge in [0.25, 0.3) is 0 Å². The maximum atomic E-state index is 11.8. The van der Waals surface area contributed by atoms with E-state index >= 15 is 0 Å². The van der Waals surface area contributed by atoms with Crippen LogP contribution in [0.1, 0.15) is 23.0 Å². The number of benzene rings is 1. The lowest BCUT2D eigenvalue weighted by atomic mass is 10.2. The number of esters is 1. The second-order valence-electron chi connectivity index (χ2n) is 4.02. The van der Waals surface area contributed by atoms with Crippen molar-refractivity contribution in [3.05, 3.63) is 41.6 Å². The van der Waals surface area contributed by atoms with E-state index in [0.717, 1.165) is 11.5 Å². The Balaban J connectivity index is 2.09. The standard InChI is InChI=1S/C14H14N2O4S/c1-3-19-13(17)11-9(2)16-21-12(11)15-14(18)20-10-7-5-4-6-8-10/h4-8H,3H2,1-2H3,(H,15,18). The molecule has 2 aromatic rings. The Kier molecular flexibility index (Phi) is 4.89. The second kappa shape index (κ2) is 6.85. The first-order chi connectivity index (χ1) is 10.1. The Hall–Kier alpha value is -2.41. The molecule has 6 nitrogen and oxygen atoms in total. The van der Waals surface area contributed by atoms with Crippen LogP contribution >= 0.6 is 11.5 Å². The van der Waals surface area contributed by atoms with E-state index in [0.29, 0.717) is 16.4 Å². The molecule has 1 heterocycles. The molecule has 0 spiro atoms. The molecule has 0 radical (unpaired) electrons. The summed E-state index contributed by atoms with van der Waals surface area (Å²) >= 11 is 1.01. The fraction of sp³-hybridized carbons (Fsp3) is 0.214. The molecule has 0 saturated carbocycles. The molecule has 2 rings (SSSR count). The molecule has 21 heavy (non-hydrogen) atoms. The predicted octanol–water partition coefficient (Wildman–Crippen LogP) is 3.24. The Labute approximate surface area is 125 Å². The van der Waals surface area contributed by atoms with Gasteiger partial charge in [-0.3, -0.25) is 5.32 Å². The fourth-order valence-electron chi connectivity index (χ4n) is 1.61. The normalized spacial score (nSPS) is 10.0. The van der Waals surface area contributed by atoms with E-state index in [4.69, 9.17) is 9.47 Å². The van der Waals surface area contributed by atoms with E-state index in [1.807, 2.05) is 6.07 Å². The van der Waals surface area contributed by atoms with Crippen molar-refractivity contribution < 1.29 is 19.1 Å². The number of aromatic nitrogens is 1. The van der Waals surface area contributed by atoms with Crippen molar-refractivity contribution in [2.24, 2.45) is 0 Å². The third-order valence-corrected chi connectivity index (χ3v) is 3.37. The summed E-state index contributed by atoms with van der Waals surface area (Å²) in [6, 6.07) is 8.64. The summed E-state index contributed by atoms with van der Waals surface area (Å²) in [5, 5.41) is 2.83. The van der Waals surface area contributed by atoms with Crippen LogP contribution < -0.4 is 10.1 Å². The maximum absolute atomic E-state index is 11.8. The summed E-state index contributed by atoms with van der Waals surface area (Å²) in [4.78, 5) is 23.7. The summed E-state index contributed by atoms with van der Waals surface area (Å²) in [5.41, 5.74) is 0.764. The molecule has 0 bridgehead atoms. The van der Waals surface area contributed by atoms with Gasteiger partial charge in [0.15, 0.2) is 0 Å². The largest absolute Gasteiger partial charge is 0.462 e. The predicted molar refractivity (Wildman–Crippen MR) is 78.9 cm³/mol. The van der Waals surface area contributed by atoms with E-state index in [1.54, 1.807) is 38.1 Å². The zero-order valence-electron chi connectivity index (χ0n) is 11.6. The average molecular weight is 306 g/mol. The van der Waals surface area contributed by atoms with Crippen molar-refractivity contribution in [1.29, 1.82) is 0 Å². The van der Waals surface area contributed by atoms with Crippen LogP contribution in [0.15, 0.2) is 30.3 Å². The molecule has 1 aromatic heterocycles. The van der Waals surface area contributed by atoms with Gasteiger partial charge >= 0.3 is 12.1 Å². The topological polar surface area (TPSA) is 77.5 Å². The zero-order chi connectivity index (χ0) is 15.2. The number of amides is 1. The van der Waals surface area contributed by atoms with Crippen LogP contribution in [0.4, 0.5) is 9.80 Å². The number of aryl methyl sites for hydroxylation is 1. The zero-order valence-corrected chi connectivity index (χ0v) is 12.4. The molecule has 1 amide bonds. The molecule has 0 aliphatic heterocycles. The van der Waals surface area contributed by atoms with E-state index in [2.05, 4.69) is 9.69 Å². The number of nitrogens with one attached hydrogen (secondary N) is 1. The number of anilines is 1. The molecule has 0 atom stereocenters. The van der Waals surface area contributed by atoms with Crippen molar-refractivity contribution >= 4 is 28.6 Å². The number of hydrogen-bond donors (Lipinski definition) is 1. The lowest BCUT2D eigenvalue weighted by molar-refractivity contribution is 0.0527. The van der Waals surface area contributed by atoms with Crippen LogP contribution in [0.2, 0.25) is 0 Å². The first kappa shape index (κ1) is 15.0. The van der Waals surface area contributed by atoms with Crippen molar-refractivity contribution in [3.8, 4) is 5.75 Å². The van der Waals surface area contributed by atoms with Crippen LogP contribution in [-0.4, -0.2) is 23.0 Å². The minimum atomic E-state index is -0.685. The Morgan fingerprint density at radius 3 is 2.67 bits per heavy atom. The Morgan fingerprint density at radius 2 is 2.00 bits per heavy atom.